The molecule has 0 bridgehead atoms. The van der Waals surface area contributed by atoms with E-state index in [1.807, 2.05) is 31.2 Å². The minimum atomic E-state index is -0.503. The molecule has 4 rings (SSSR count). The van der Waals surface area contributed by atoms with Crippen LogP contribution in [0.2, 0.25) is 0 Å². The van der Waals surface area contributed by atoms with Crippen LogP contribution in [0.3, 0.4) is 0 Å². The van der Waals surface area contributed by atoms with Gasteiger partial charge in [0.05, 0.1) is 6.61 Å². The molecule has 7 nitrogen and oxygen atoms in total. The predicted octanol–water partition coefficient (Wildman–Crippen LogP) is 4.45. The minimum absolute atomic E-state index is 0.0338. The number of thioether (sulfide) groups is 1. The number of fused-ring (bicyclic) bond motifs is 1. The molecule has 0 saturated heterocycles. The number of nitrogen functional groups attached to an aromatic ring is 1. The number of hydrogen-bond acceptors (Lipinski definition) is 6. The summed E-state index contributed by atoms with van der Waals surface area (Å²) in [5, 5.41) is 5.24. The molecular weight excluding hydrogens is 424 g/mol. The Labute approximate surface area is 189 Å². The Morgan fingerprint density at radius 1 is 1.09 bits per heavy atom. The molecule has 0 saturated carbocycles. The summed E-state index contributed by atoms with van der Waals surface area (Å²) in [5.74, 6) is 0.786. The second kappa shape index (κ2) is 9.57. The third kappa shape index (κ3) is 4.76. The fourth-order valence-electron chi connectivity index (χ4n) is 3.28. The van der Waals surface area contributed by atoms with Gasteiger partial charge in [0.2, 0.25) is 0 Å². The average molecular weight is 447 g/mol. The van der Waals surface area contributed by atoms with Crippen molar-refractivity contribution in [1.82, 2.24) is 9.97 Å². The van der Waals surface area contributed by atoms with Crippen molar-refractivity contribution in [3.63, 3.8) is 0 Å². The van der Waals surface area contributed by atoms with Gasteiger partial charge in [0.15, 0.2) is 11.0 Å². The first-order valence-corrected chi connectivity index (χ1v) is 11.1. The quantitative estimate of drug-likeness (QED) is 0.286. The third-order valence-electron chi connectivity index (χ3n) is 4.84. The van der Waals surface area contributed by atoms with Crippen molar-refractivity contribution >= 4 is 39.9 Å². The molecule has 0 aliphatic heterocycles. The lowest BCUT2D eigenvalue weighted by atomic mass is 10.1. The smallest absolute Gasteiger partial charge is 0.277 e. The van der Waals surface area contributed by atoms with E-state index in [1.165, 1.54) is 11.8 Å². The molecule has 0 fully saturated rings. The highest BCUT2D eigenvalue weighted by molar-refractivity contribution is 7.98. The van der Waals surface area contributed by atoms with E-state index in [9.17, 15) is 9.59 Å². The number of carbonyl (C=O) groups is 1. The normalized spacial score (nSPS) is 10.8. The number of H-pyrrole nitrogens is 1. The van der Waals surface area contributed by atoms with Gasteiger partial charge in [-0.2, -0.15) is 0 Å². The molecule has 0 unspecified atom stereocenters. The van der Waals surface area contributed by atoms with Gasteiger partial charge in [0.25, 0.3) is 11.5 Å². The van der Waals surface area contributed by atoms with E-state index in [1.54, 1.807) is 24.3 Å². The molecule has 0 spiro atoms. The molecule has 0 aliphatic rings. The van der Waals surface area contributed by atoms with Crippen molar-refractivity contribution in [2.45, 2.75) is 17.8 Å². The number of nitrogens with two attached hydrogens (primary N) is 1. The van der Waals surface area contributed by atoms with Crippen LogP contribution in [0, 0.1) is 0 Å². The van der Waals surface area contributed by atoms with Crippen molar-refractivity contribution < 1.29 is 9.53 Å². The summed E-state index contributed by atoms with van der Waals surface area (Å²) in [4.78, 5) is 32.0. The maximum atomic E-state index is 12.6. The van der Waals surface area contributed by atoms with Crippen molar-refractivity contribution in [2.75, 3.05) is 17.7 Å². The zero-order chi connectivity index (χ0) is 22.5. The summed E-state index contributed by atoms with van der Waals surface area (Å²) in [7, 11) is 0. The fourth-order valence-corrected chi connectivity index (χ4v) is 4.15. The molecule has 0 atom stereocenters. The SMILES string of the molecule is CCOc1ccc(C(=O)Nc2c(N)nc(SCc3cccc4ccccc34)[nH]c2=O)cc1. The van der Waals surface area contributed by atoms with Gasteiger partial charge < -0.3 is 15.8 Å². The molecule has 1 amide bonds. The van der Waals surface area contributed by atoms with Crippen LogP contribution < -0.4 is 21.3 Å². The van der Waals surface area contributed by atoms with Crippen LogP contribution >= 0.6 is 11.8 Å². The van der Waals surface area contributed by atoms with E-state index >= 15 is 0 Å². The maximum absolute atomic E-state index is 12.6. The number of anilines is 2. The first kappa shape index (κ1) is 21.5. The van der Waals surface area contributed by atoms with E-state index in [-0.39, 0.29) is 11.5 Å². The van der Waals surface area contributed by atoms with Crippen LogP contribution in [-0.4, -0.2) is 22.5 Å². The number of aromatic amines is 1. The van der Waals surface area contributed by atoms with Gasteiger partial charge in [-0.05, 0) is 47.5 Å². The molecule has 32 heavy (non-hydrogen) atoms. The van der Waals surface area contributed by atoms with Crippen LogP contribution in [0.25, 0.3) is 10.8 Å². The van der Waals surface area contributed by atoms with E-state index in [2.05, 4.69) is 33.5 Å². The Kier molecular flexibility index (Phi) is 6.42. The standard InChI is InChI=1S/C24H22N4O3S/c1-2-31-18-12-10-16(11-13-18)22(29)26-20-21(25)27-24(28-23(20)30)32-14-17-8-5-7-15-6-3-4-9-19(15)17/h3-13H,2,14H2,1H3,(H,26,29)(H3,25,27,28,30). The van der Waals surface area contributed by atoms with Crippen LogP contribution in [0.15, 0.2) is 76.7 Å². The van der Waals surface area contributed by atoms with Gasteiger partial charge in [-0.25, -0.2) is 4.98 Å². The maximum Gasteiger partial charge on any atom is 0.277 e. The number of nitrogens with zero attached hydrogens (tertiary/aromatic N) is 1. The zero-order valence-electron chi connectivity index (χ0n) is 17.4. The largest absolute Gasteiger partial charge is 0.494 e. The Hall–Kier alpha value is -3.78. The van der Waals surface area contributed by atoms with Gasteiger partial charge in [-0.1, -0.05) is 54.2 Å². The fraction of sp³-hybridized carbons (Fsp3) is 0.125. The summed E-state index contributed by atoms with van der Waals surface area (Å²) in [6.07, 6.45) is 0. The number of aromatic nitrogens is 2. The topological polar surface area (TPSA) is 110 Å². The Balaban J connectivity index is 1.48. The Morgan fingerprint density at radius 3 is 2.59 bits per heavy atom. The summed E-state index contributed by atoms with van der Waals surface area (Å²) in [5.41, 5.74) is 6.92. The van der Waals surface area contributed by atoms with Crippen LogP contribution in [0.5, 0.6) is 5.75 Å². The zero-order valence-corrected chi connectivity index (χ0v) is 18.2. The first-order chi connectivity index (χ1) is 15.5. The highest BCUT2D eigenvalue weighted by Crippen LogP contribution is 2.26. The number of rotatable bonds is 7. The van der Waals surface area contributed by atoms with Gasteiger partial charge in [0, 0.05) is 11.3 Å². The van der Waals surface area contributed by atoms with Crippen LogP contribution in [-0.2, 0) is 5.75 Å². The highest BCUT2D eigenvalue weighted by atomic mass is 32.2. The summed E-state index contributed by atoms with van der Waals surface area (Å²) in [6.45, 7) is 2.42. The minimum Gasteiger partial charge on any atom is -0.494 e. The number of carbonyl (C=O) groups excluding carboxylic acids is 1. The molecule has 0 radical (unpaired) electrons. The van der Waals surface area contributed by atoms with E-state index in [0.717, 1.165) is 16.3 Å². The third-order valence-corrected chi connectivity index (χ3v) is 5.76. The van der Waals surface area contributed by atoms with Crippen molar-refractivity contribution in [3.8, 4) is 5.75 Å². The lowest BCUT2D eigenvalue weighted by Gasteiger charge is -2.10. The summed E-state index contributed by atoms with van der Waals surface area (Å²) >= 11 is 1.37. The van der Waals surface area contributed by atoms with Crippen molar-refractivity contribution in [1.29, 1.82) is 0 Å². The van der Waals surface area contributed by atoms with E-state index < -0.39 is 11.5 Å². The number of ether oxygens (including phenoxy) is 1. The van der Waals surface area contributed by atoms with Gasteiger partial charge in [0.1, 0.15) is 11.4 Å². The van der Waals surface area contributed by atoms with E-state index in [4.69, 9.17) is 10.5 Å². The number of hydrogen-bond donors (Lipinski definition) is 3. The monoisotopic (exact) mass is 446 g/mol. The van der Waals surface area contributed by atoms with Crippen LogP contribution in [0.1, 0.15) is 22.8 Å². The lowest BCUT2D eigenvalue weighted by molar-refractivity contribution is 0.102. The second-order valence-electron chi connectivity index (χ2n) is 6.97. The van der Waals surface area contributed by atoms with Gasteiger partial charge in [-0.15, -0.1) is 0 Å². The molecule has 0 aliphatic carbocycles. The molecule has 162 valence electrons. The molecule has 1 heterocycles. The molecule has 4 aromatic rings. The van der Waals surface area contributed by atoms with Gasteiger partial charge >= 0.3 is 0 Å². The molecule has 3 aromatic carbocycles. The second-order valence-corrected chi connectivity index (χ2v) is 7.93. The summed E-state index contributed by atoms with van der Waals surface area (Å²) in [6, 6.07) is 20.8. The molecule has 4 N–H and O–H groups in total. The van der Waals surface area contributed by atoms with Crippen molar-refractivity contribution in [3.05, 3.63) is 88.2 Å². The highest BCUT2D eigenvalue weighted by Gasteiger charge is 2.14. The number of nitrogens with one attached hydrogen (secondary N) is 2. The van der Waals surface area contributed by atoms with Gasteiger partial charge in [-0.3, -0.25) is 14.6 Å². The number of benzene rings is 3. The predicted molar refractivity (Wildman–Crippen MR) is 128 cm³/mol. The Morgan fingerprint density at radius 2 is 1.84 bits per heavy atom. The molecule has 1 aromatic heterocycles. The van der Waals surface area contributed by atoms with E-state index in [0.29, 0.717) is 28.8 Å². The molecule has 8 heteroatoms. The Bertz CT molecular complexity index is 1310. The summed E-state index contributed by atoms with van der Waals surface area (Å²) < 4.78 is 5.37. The number of amides is 1. The van der Waals surface area contributed by atoms with Crippen LogP contribution in [0.4, 0.5) is 11.5 Å². The average Bonchev–Trinajstić information content (AvgIpc) is 2.80. The van der Waals surface area contributed by atoms with Crippen molar-refractivity contribution in [2.24, 2.45) is 0 Å². The lowest BCUT2D eigenvalue weighted by Crippen LogP contribution is -2.23. The molecular formula is C24H22N4O3S. The first-order valence-electron chi connectivity index (χ1n) is 10.1.